The number of hydrogen-bond donors (Lipinski definition) is 2. The fraction of sp³-hybridized carbons (Fsp3) is 0.462. The maximum absolute atomic E-state index is 13.4. The van der Waals surface area contributed by atoms with E-state index in [1.54, 1.807) is 32.0 Å². The van der Waals surface area contributed by atoms with Gasteiger partial charge in [0.1, 0.15) is 5.82 Å². The quantitative estimate of drug-likeness (QED) is 0.827. The molecule has 0 saturated heterocycles. The topological polar surface area (TPSA) is 49.3 Å². The van der Waals surface area contributed by atoms with E-state index in [-0.39, 0.29) is 24.2 Å². The van der Waals surface area contributed by atoms with Gasteiger partial charge in [0.15, 0.2) is 0 Å². The lowest BCUT2D eigenvalue weighted by atomic mass is 10.1. The summed E-state index contributed by atoms with van der Waals surface area (Å²) in [5.74, 6) is -0.502. The van der Waals surface area contributed by atoms with Gasteiger partial charge in [0, 0.05) is 12.0 Å². The second-order valence-electron chi connectivity index (χ2n) is 4.20. The smallest absolute Gasteiger partial charge is 0.220 e. The predicted octanol–water partition coefficient (Wildman–Crippen LogP) is 2.16. The Balaban J connectivity index is 2.52. The fourth-order valence-corrected chi connectivity index (χ4v) is 1.56. The summed E-state index contributed by atoms with van der Waals surface area (Å²) in [6.45, 7) is 3.37. The number of amides is 1. The predicted molar refractivity (Wildman–Crippen MR) is 63.9 cm³/mol. The Morgan fingerprint density at radius 3 is 2.65 bits per heavy atom. The first-order chi connectivity index (χ1) is 8.00. The molecule has 4 heteroatoms. The van der Waals surface area contributed by atoms with Crippen molar-refractivity contribution in [1.29, 1.82) is 0 Å². The van der Waals surface area contributed by atoms with E-state index in [2.05, 4.69) is 5.32 Å². The zero-order chi connectivity index (χ0) is 12.8. The van der Waals surface area contributed by atoms with Crippen molar-refractivity contribution in [2.24, 2.45) is 0 Å². The van der Waals surface area contributed by atoms with Gasteiger partial charge in [-0.05, 0) is 26.3 Å². The van der Waals surface area contributed by atoms with Gasteiger partial charge in [-0.15, -0.1) is 0 Å². The molecular weight excluding hydrogens is 221 g/mol. The van der Waals surface area contributed by atoms with Crippen molar-refractivity contribution in [2.75, 3.05) is 0 Å². The maximum atomic E-state index is 13.4. The van der Waals surface area contributed by atoms with Crippen LogP contribution in [0.4, 0.5) is 4.39 Å². The molecule has 0 fully saturated rings. The number of rotatable bonds is 5. The number of hydrogen-bond acceptors (Lipinski definition) is 2. The van der Waals surface area contributed by atoms with Crippen LogP contribution in [0.5, 0.6) is 0 Å². The molecular formula is C13H18FNO2. The highest BCUT2D eigenvalue weighted by atomic mass is 19.1. The lowest BCUT2D eigenvalue weighted by Gasteiger charge is -2.15. The average molecular weight is 239 g/mol. The summed E-state index contributed by atoms with van der Waals surface area (Å²) in [5.41, 5.74) is 0.470. The van der Waals surface area contributed by atoms with Crippen molar-refractivity contribution in [3.63, 3.8) is 0 Å². The van der Waals surface area contributed by atoms with Crippen molar-refractivity contribution in [3.8, 4) is 0 Å². The second kappa shape index (κ2) is 6.35. The first-order valence-corrected chi connectivity index (χ1v) is 5.72. The standard InChI is InChI=1S/C13H18FNO2/c1-9(16)7-8-13(17)15-10(2)11-5-3-4-6-12(11)14/h3-6,9-10,16H,7-8H2,1-2H3,(H,15,17)/t9?,10-/m1/s1. The molecule has 1 aromatic carbocycles. The van der Waals surface area contributed by atoms with Gasteiger partial charge in [-0.3, -0.25) is 4.79 Å². The molecule has 0 bridgehead atoms. The molecule has 0 heterocycles. The van der Waals surface area contributed by atoms with Crippen LogP contribution >= 0.6 is 0 Å². The summed E-state index contributed by atoms with van der Waals surface area (Å²) in [6, 6.07) is 6.00. The fourth-order valence-electron chi connectivity index (χ4n) is 1.56. The minimum atomic E-state index is -0.496. The molecule has 2 N–H and O–H groups in total. The number of nitrogens with one attached hydrogen (secondary N) is 1. The Labute approximate surface area is 101 Å². The minimum Gasteiger partial charge on any atom is -0.393 e. The van der Waals surface area contributed by atoms with E-state index in [1.165, 1.54) is 6.07 Å². The molecule has 0 aromatic heterocycles. The summed E-state index contributed by atoms with van der Waals surface area (Å²) in [4.78, 5) is 11.5. The second-order valence-corrected chi connectivity index (χ2v) is 4.20. The van der Waals surface area contributed by atoms with E-state index < -0.39 is 6.10 Å². The highest BCUT2D eigenvalue weighted by molar-refractivity contribution is 5.76. The molecule has 94 valence electrons. The summed E-state index contributed by atoms with van der Waals surface area (Å²) < 4.78 is 13.4. The molecule has 0 aliphatic rings. The van der Waals surface area contributed by atoms with Gasteiger partial charge in [0.05, 0.1) is 12.1 Å². The Kier molecular flexibility index (Phi) is 5.10. The van der Waals surface area contributed by atoms with Crippen LogP contribution < -0.4 is 5.32 Å². The third-order valence-electron chi connectivity index (χ3n) is 2.54. The maximum Gasteiger partial charge on any atom is 0.220 e. The minimum absolute atomic E-state index is 0.179. The summed E-state index contributed by atoms with van der Waals surface area (Å²) in [6.07, 6.45) is 0.163. The van der Waals surface area contributed by atoms with E-state index in [4.69, 9.17) is 5.11 Å². The summed E-state index contributed by atoms with van der Waals surface area (Å²) in [5, 5.41) is 11.8. The van der Waals surface area contributed by atoms with Crippen LogP contribution in [0.2, 0.25) is 0 Å². The highest BCUT2D eigenvalue weighted by Crippen LogP contribution is 2.16. The van der Waals surface area contributed by atoms with E-state index in [9.17, 15) is 9.18 Å². The van der Waals surface area contributed by atoms with Gasteiger partial charge in [-0.1, -0.05) is 18.2 Å². The van der Waals surface area contributed by atoms with Crippen molar-refractivity contribution in [3.05, 3.63) is 35.6 Å². The van der Waals surface area contributed by atoms with E-state index in [1.807, 2.05) is 0 Å². The Bertz CT molecular complexity index is 379. The van der Waals surface area contributed by atoms with Crippen LogP contribution in [-0.4, -0.2) is 17.1 Å². The lowest BCUT2D eigenvalue weighted by Crippen LogP contribution is -2.27. The third kappa shape index (κ3) is 4.53. The molecule has 0 aliphatic heterocycles. The number of aliphatic hydroxyl groups excluding tert-OH is 1. The van der Waals surface area contributed by atoms with Crippen LogP contribution in [-0.2, 0) is 4.79 Å². The van der Waals surface area contributed by atoms with Gasteiger partial charge in [0.2, 0.25) is 5.91 Å². The van der Waals surface area contributed by atoms with Crippen LogP contribution in [0.15, 0.2) is 24.3 Å². The Hall–Kier alpha value is -1.42. The van der Waals surface area contributed by atoms with E-state index >= 15 is 0 Å². The average Bonchev–Trinajstić information content (AvgIpc) is 2.26. The zero-order valence-corrected chi connectivity index (χ0v) is 10.1. The van der Waals surface area contributed by atoms with Crippen LogP contribution in [0.25, 0.3) is 0 Å². The number of benzene rings is 1. The number of carbonyl (C=O) groups is 1. The molecule has 0 spiro atoms. The van der Waals surface area contributed by atoms with Gasteiger partial charge in [0.25, 0.3) is 0 Å². The van der Waals surface area contributed by atoms with Crippen LogP contribution in [0.3, 0.4) is 0 Å². The Morgan fingerprint density at radius 1 is 1.41 bits per heavy atom. The number of halogens is 1. The van der Waals surface area contributed by atoms with Crippen LogP contribution in [0, 0.1) is 5.82 Å². The molecule has 1 unspecified atom stereocenters. The molecule has 0 saturated carbocycles. The SMILES string of the molecule is CC(O)CCC(=O)N[C@H](C)c1ccccc1F. The van der Waals surface area contributed by atoms with Gasteiger partial charge >= 0.3 is 0 Å². The molecule has 0 radical (unpaired) electrons. The first kappa shape index (κ1) is 13.6. The van der Waals surface area contributed by atoms with Crippen molar-refractivity contribution < 1.29 is 14.3 Å². The van der Waals surface area contributed by atoms with Crippen molar-refractivity contribution >= 4 is 5.91 Å². The molecule has 1 amide bonds. The first-order valence-electron chi connectivity index (χ1n) is 5.72. The Morgan fingerprint density at radius 2 is 2.06 bits per heavy atom. The number of aliphatic hydroxyl groups is 1. The normalized spacial score (nSPS) is 14.1. The van der Waals surface area contributed by atoms with Gasteiger partial charge < -0.3 is 10.4 Å². The van der Waals surface area contributed by atoms with Crippen molar-refractivity contribution in [1.82, 2.24) is 5.32 Å². The van der Waals surface area contributed by atoms with E-state index in [0.717, 1.165) is 0 Å². The third-order valence-corrected chi connectivity index (χ3v) is 2.54. The monoisotopic (exact) mass is 239 g/mol. The molecule has 2 atom stereocenters. The zero-order valence-electron chi connectivity index (χ0n) is 10.1. The molecule has 1 aromatic rings. The summed E-state index contributed by atoms with van der Waals surface area (Å²) in [7, 11) is 0. The van der Waals surface area contributed by atoms with Crippen molar-refractivity contribution in [2.45, 2.75) is 38.8 Å². The largest absolute Gasteiger partial charge is 0.393 e. The summed E-state index contributed by atoms with van der Waals surface area (Å²) >= 11 is 0. The van der Waals surface area contributed by atoms with Gasteiger partial charge in [-0.2, -0.15) is 0 Å². The molecule has 1 rings (SSSR count). The molecule has 3 nitrogen and oxygen atoms in total. The highest BCUT2D eigenvalue weighted by Gasteiger charge is 2.13. The number of carbonyl (C=O) groups excluding carboxylic acids is 1. The van der Waals surface area contributed by atoms with Gasteiger partial charge in [-0.25, -0.2) is 4.39 Å². The molecule has 0 aliphatic carbocycles. The van der Waals surface area contributed by atoms with Crippen LogP contribution in [0.1, 0.15) is 38.3 Å². The van der Waals surface area contributed by atoms with E-state index in [0.29, 0.717) is 12.0 Å². The lowest BCUT2D eigenvalue weighted by molar-refractivity contribution is -0.122. The molecule has 17 heavy (non-hydrogen) atoms.